The van der Waals surface area contributed by atoms with E-state index in [0.29, 0.717) is 30.1 Å². The number of hydrogen-bond acceptors (Lipinski definition) is 5. The van der Waals surface area contributed by atoms with Crippen molar-refractivity contribution in [1.82, 2.24) is 20.5 Å². The Kier molecular flexibility index (Phi) is 8.33. The lowest BCUT2D eigenvalue weighted by Crippen LogP contribution is -2.31. The van der Waals surface area contributed by atoms with Crippen molar-refractivity contribution in [2.45, 2.75) is 45.7 Å². The Morgan fingerprint density at radius 3 is 2.67 bits per heavy atom. The van der Waals surface area contributed by atoms with Gasteiger partial charge in [0.25, 0.3) is 11.8 Å². The van der Waals surface area contributed by atoms with Gasteiger partial charge in [-0.1, -0.05) is 42.5 Å². The van der Waals surface area contributed by atoms with Gasteiger partial charge in [-0.2, -0.15) is 0 Å². The first-order valence-corrected chi connectivity index (χ1v) is 12.5. The van der Waals surface area contributed by atoms with Crippen LogP contribution in [0.3, 0.4) is 0 Å². The van der Waals surface area contributed by atoms with Crippen molar-refractivity contribution in [2.75, 3.05) is 19.6 Å². The summed E-state index contributed by atoms with van der Waals surface area (Å²) in [6, 6.07) is 15.1. The molecule has 1 fully saturated rings. The largest absolute Gasteiger partial charge is 0.446 e. The van der Waals surface area contributed by atoms with Crippen LogP contribution in [0.1, 0.15) is 75.7 Å². The van der Waals surface area contributed by atoms with Gasteiger partial charge >= 0.3 is 0 Å². The summed E-state index contributed by atoms with van der Waals surface area (Å²) in [6.07, 6.45) is 4.12. The molecule has 1 aliphatic heterocycles. The number of nitrogens with one attached hydrogen (secondary N) is 2. The van der Waals surface area contributed by atoms with Crippen LogP contribution in [-0.2, 0) is 6.54 Å². The quantitative estimate of drug-likeness (QED) is 0.398. The normalized spacial score (nSPS) is 15.2. The zero-order valence-corrected chi connectivity index (χ0v) is 21.0. The van der Waals surface area contributed by atoms with Gasteiger partial charge < -0.3 is 20.0 Å². The van der Waals surface area contributed by atoms with Gasteiger partial charge in [0.2, 0.25) is 5.89 Å². The standard InChI is InChI=1S/C29H34N4O3/c1-20(2)23-9-4-8-22(16-23)18-30-13-7-14-31-27(34)24-10-5-11-25(17-24)29(35)33-15-6-12-26(33)28-32-21(3)19-36-28/h4-5,8-11,16-17,19,26,30H,1,6-7,12-15,18H2,2-3H3,(H,31,34). The first-order chi connectivity index (χ1) is 17.4. The van der Waals surface area contributed by atoms with Gasteiger partial charge in [-0.3, -0.25) is 9.59 Å². The van der Waals surface area contributed by atoms with E-state index in [0.717, 1.165) is 49.2 Å². The number of hydrogen-bond donors (Lipinski definition) is 2. The molecule has 1 aliphatic rings. The molecule has 4 rings (SSSR count). The van der Waals surface area contributed by atoms with Crippen molar-refractivity contribution in [3.05, 3.63) is 95.2 Å². The zero-order chi connectivity index (χ0) is 25.5. The first kappa shape index (κ1) is 25.4. The Labute approximate surface area is 212 Å². The van der Waals surface area contributed by atoms with Gasteiger partial charge in [0, 0.05) is 30.8 Å². The van der Waals surface area contributed by atoms with E-state index >= 15 is 0 Å². The molecular weight excluding hydrogens is 452 g/mol. The third-order valence-corrected chi connectivity index (χ3v) is 6.37. The van der Waals surface area contributed by atoms with Crippen LogP contribution in [0, 0.1) is 6.92 Å². The highest BCUT2D eigenvalue weighted by Crippen LogP contribution is 2.32. The maximum Gasteiger partial charge on any atom is 0.254 e. The molecule has 2 heterocycles. The Bertz CT molecular complexity index is 1230. The van der Waals surface area contributed by atoms with Crippen LogP contribution in [0.2, 0.25) is 0 Å². The molecule has 0 saturated carbocycles. The molecular formula is C29H34N4O3. The average Bonchev–Trinajstić information content (AvgIpc) is 3.54. The Balaban J connectivity index is 1.25. The van der Waals surface area contributed by atoms with E-state index < -0.39 is 0 Å². The van der Waals surface area contributed by atoms with Crippen LogP contribution >= 0.6 is 0 Å². The van der Waals surface area contributed by atoms with Crippen molar-refractivity contribution in [3.8, 4) is 0 Å². The fourth-order valence-electron chi connectivity index (χ4n) is 4.45. The second-order valence-corrected chi connectivity index (χ2v) is 9.33. The molecule has 2 N–H and O–H groups in total. The first-order valence-electron chi connectivity index (χ1n) is 12.5. The third kappa shape index (κ3) is 6.29. The summed E-state index contributed by atoms with van der Waals surface area (Å²) in [5, 5.41) is 6.37. The SMILES string of the molecule is C=C(C)c1cccc(CNCCCNC(=O)c2cccc(C(=O)N3CCCC3c3nc(C)co3)c2)c1. The minimum absolute atomic E-state index is 0.108. The van der Waals surface area contributed by atoms with E-state index in [-0.39, 0.29) is 17.9 Å². The van der Waals surface area contributed by atoms with Crippen molar-refractivity contribution in [3.63, 3.8) is 0 Å². The Hall–Kier alpha value is -3.71. The molecule has 0 bridgehead atoms. The maximum absolute atomic E-state index is 13.2. The summed E-state index contributed by atoms with van der Waals surface area (Å²) in [4.78, 5) is 32.1. The highest BCUT2D eigenvalue weighted by molar-refractivity contribution is 5.99. The minimum atomic E-state index is -0.180. The maximum atomic E-state index is 13.2. The van der Waals surface area contributed by atoms with E-state index in [1.807, 2.05) is 19.9 Å². The van der Waals surface area contributed by atoms with E-state index in [1.165, 1.54) is 5.56 Å². The van der Waals surface area contributed by atoms with Gasteiger partial charge in [-0.05, 0) is 69.0 Å². The summed E-state index contributed by atoms with van der Waals surface area (Å²) in [6.45, 7) is 10.6. The summed E-state index contributed by atoms with van der Waals surface area (Å²) in [5.74, 6) is 0.285. The van der Waals surface area contributed by atoms with Crippen LogP contribution in [-0.4, -0.2) is 41.3 Å². The number of amides is 2. The number of benzene rings is 2. The summed E-state index contributed by atoms with van der Waals surface area (Å²) in [7, 11) is 0. The second-order valence-electron chi connectivity index (χ2n) is 9.33. The summed E-state index contributed by atoms with van der Waals surface area (Å²) in [5.41, 5.74) is 5.18. The third-order valence-electron chi connectivity index (χ3n) is 6.37. The predicted octanol–water partition coefficient (Wildman–Crippen LogP) is 4.90. The van der Waals surface area contributed by atoms with Crippen molar-refractivity contribution < 1.29 is 14.0 Å². The molecule has 3 aromatic rings. The number of carbonyl (C=O) groups is 2. The number of aromatic nitrogens is 1. The summed E-state index contributed by atoms with van der Waals surface area (Å²) < 4.78 is 5.56. The lowest BCUT2D eigenvalue weighted by Gasteiger charge is -2.22. The monoisotopic (exact) mass is 486 g/mol. The molecule has 7 nitrogen and oxygen atoms in total. The number of carbonyl (C=O) groups excluding carboxylic acids is 2. The fraction of sp³-hybridized carbons (Fsp3) is 0.345. The molecule has 0 radical (unpaired) electrons. The number of rotatable bonds is 10. The van der Waals surface area contributed by atoms with E-state index in [9.17, 15) is 9.59 Å². The van der Waals surface area contributed by atoms with Crippen molar-refractivity contribution >= 4 is 17.4 Å². The van der Waals surface area contributed by atoms with E-state index in [1.54, 1.807) is 35.4 Å². The second kappa shape index (κ2) is 11.8. The Morgan fingerprint density at radius 2 is 1.89 bits per heavy atom. The molecule has 1 aromatic heterocycles. The molecule has 1 atom stereocenters. The minimum Gasteiger partial charge on any atom is -0.446 e. The molecule has 36 heavy (non-hydrogen) atoms. The topological polar surface area (TPSA) is 87.5 Å². The molecule has 0 spiro atoms. The van der Waals surface area contributed by atoms with Gasteiger partial charge in [-0.25, -0.2) is 4.98 Å². The van der Waals surface area contributed by atoms with E-state index in [2.05, 4.69) is 40.4 Å². The van der Waals surface area contributed by atoms with Crippen LogP contribution in [0.25, 0.3) is 5.57 Å². The number of likely N-dealkylation sites (tertiary alicyclic amines) is 1. The molecule has 1 saturated heterocycles. The Morgan fingerprint density at radius 1 is 1.11 bits per heavy atom. The van der Waals surface area contributed by atoms with Crippen molar-refractivity contribution in [2.24, 2.45) is 0 Å². The molecule has 1 unspecified atom stereocenters. The molecule has 0 aliphatic carbocycles. The van der Waals surface area contributed by atoms with Crippen LogP contribution in [0.4, 0.5) is 0 Å². The number of aryl methyl sites for hydroxylation is 1. The van der Waals surface area contributed by atoms with Crippen molar-refractivity contribution in [1.29, 1.82) is 0 Å². The predicted molar refractivity (Wildman–Crippen MR) is 141 cm³/mol. The smallest absolute Gasteiger partial charge is 0.254 e. The molecule has 2 amide bonds. The molecule has 188 valence electrons. The average molecular weight is 487 g/mol. The van der Waals surface area contributed by atoms with E-state index in [4.69, 9.17) is 4.42 Å². The number of allylic oxidation sites excluding steroid dienone is 1. The molecule has 2 aromatic carbocycles. The highest BCUT2D eigenvalue weighted by Gasteiger charge is 2.33. The van der Waals surface area contributed by atoms with Gasteiger partial charge in [0.1, 0.15) is 12.3 Å². The van der Waals surface area contributed by atoms with Crippen LogP contribution in [0.15, 0.2) is 65.8 Å². The van der Waals surface area contributed by atoms with Crippen LogP contribution < -0.4 is 10.6 Å². The van der Waals surface area contributed by atoms with Gasteiger partial charge in [0.15, 0.2) is 0 Å². The number of oxazole rings is 1. The van der Waals surface area contributed by atoms with Crippen LogP contribution in [0.5, 0.6) is 0 Å². The molecule has 7 heteroatoms. The number of nitrogens with zero attached hydrogens (tertiary/aromatic N) is 2. The summed E-state index contributed by atoms with van der Waals surface area (Å²) >= 11 is 0. The highest BCUT2D eigenvalue weighted by atomic mass is 16.3. The lowest BCUT2D eigenvalue weighted by molar-refractivity contribution is 0.0715. The zero-order valence-electron chi connectivity index (χ0n) is 21.0. The van der Waals surface area contributed by atoms with Gasteiger partial charge in [-0.15, -0.1) is 0 Å². The lowest BCUT2D eigenvalue weighted by atomic mass is 10.1. The fourth-order valence-corrected chi connectivity index (χ4v) is 4.45. The van der Waals surface area contributed by atoms with Gasteiger partial charge in [0.05, 0.1) is 5.69 Å².